The van der Waals surface area contributed by atoms with E-state index in [-0.39, 0.29) is 17.2 Å². The van der Waals surface area contributed by atoms with Gasteiger partial charge in [0.2, 0.25) is 5.91 Å². The number of carbonyl (C=O) groups excluding carboxylic acids is 2. The Bertz CT molecular complexity index is 1150. The molecule has 0 saturated carbocycles. The number of anilines is 2. The van der Waals surface area contributed by atoms with E-state index in [1.807, 2.05) is 67.6 Å². The largest absolute Gasteiger partial charge is 0.494 e. The van der Waals surface area contributed by atoms with Gasteiger partial charge in [-0.15, -0.1) is 11.8 Å². The van der Waals surface area contributed by atoms with Gasteiger partial charge >= 0.3 is 0 Å². The lowest BCUT2D eigenvalue weighted by Crippen LogP contribution is -2.28. The normalized spacial score (nSPS) is 15.2. The van der Waals surface area contributed by atoms with E-state index in [9.17, 15) is 9.59 Å². The summed E-state index contributed by atoms with van der Waals surface area (Å²) in [6.45, 7) is 5.25. The van der Waals surface area contributed by atoms with Gasteiger partial charge in [-0.1, -0.05) is 37.6 Å². The van der Waals surface area contributed by atoms with Gasteiger partial charge in [0.1, 0.15) is 16.9 Å². The first-order chi connectivity index (χ1) is 17.1. The van der Waals surface area contributed by atoms with Crippen molar-refractivity contribution in [2.75, 3.05) is 29.2 Å². The second-order valence-electron chi connectivity index (χ2n) is 8.13. The Morgan fingerprint density at radius 1 is 1.00 bits per heavy atom. The maximum Gasteiger partial charge on any atom is 0.255 e. The fraction of sp³-hybridized carbons (Fsp3) is 0.286. The molecule has 1 aliphatic rings. The van der Waals surface area contributed by atoms with E-state index in [2.05, 4.69) is 12.2 Å². The van der Waals surface area contributed by atoms with Crippen molar-refractivity contribution in [1.82, 2.24) is 0 Å². The average Bonchev–Trinajstić information content (AvgIpc) is 3.26. The van der Waals surface area contributed by atoms with Crippen molar-refractivity contribution in [2.45, 2.75) is 32.1 Å². The number of nitrogens with one attached hydrogen (secondary N) is 1. The number of ether oxygens (including phenoxy) is 2. The molecule has 35 heavy (non-hydrogen) atoms. The van der Waals surface area contributed by atoms with E-state index in [0.29, 0.717) is 36.0 Å². The molecule has 1 N–H and O–H groups in total. The summed E-state index contributed by atoms with van der Waals surface area (Å²) in [5, 5.41) is 2.78. The molecule has 1 unspecified atom stereocenters. The maximum atomic E-state index is 12.8. The number of amides is 2. The lowest BCUT2D eigenvalue weighted by Gasteiger charge is -2.26. The SMILES string of the molecule is CCCCOc1ccc(C(=O)Nc2ccc(C3SCC(=O)N3c3ccccc3OCC)cc2)cc1. The Kier molecular flexibility index (Phi) is 8.32. The van der Waals surface area contributed by atoms with Crippen molar-refractivity contribution < 1.29 is 19.1 Å². The highest BCUT2D eigenvalue weighted by Crippen LogP contribution is 2.44. The Morgan fingerprint density at radius 3 is 2.46 bits per heavy atom. The highest BCUT2D eigenvalue weighted by atomic mass is 32.2. The molecule has 0 aliphatic carbocycles. The number of nitrogens with zero attached hydrogens (tertiary/aromatic N) is 1. The monoisotopic (exact) mass is 490 g/mol. The molecule has 6 nitrogen and oxygen atoms in total. The first-order valence-corrected chi connectivity index (χ1v) is 12.9. The summed E-state index contributed by atoms with van der Waals surface area (Å²) in [6.07, 6.45) is 2.08. The van der Waals surface area contributed by atoms with E-state index < -0.39 is 0 Å². The summed E-state index contributed by atoms with van der Waals surface area (Å²) in [5.41, 5.74) is 3.01. The minimum Gasteiger partial charge on any atom is -0.494 e. The number of unbranched alkanes of at least 4 members (excludes halogenated alkanes) is 1. The summed E-state index contributed by atoms with van der Waals surface area (Å²) in [4.78, 5) is 27.2. The molecule has 0 spiro atoms. The van der Waals surface area contributed by atoms with Crippen LogP contribution < -0.4 is 19.7 Å². The first-order valence-electron chi connectivity index (χ1n) is 11.9. The van der Waals surface area contributed by atoms with Gasteiger partial charge < -0.3 is 14.8 Å². The molecule has 7 heteroatoms. The van der Waals surface area contributed by atoms with Crippen LogP contribution in [0.1, 0.15) is 48.0 Å². The van der Waals surface area contributed by atoms with Crippen LogP contribution in [0.25, 0.3) is 0 Å². The Balaban J connectivity index is 1.44. The fourth-order valence-corrected chi connectivity index (χ4v) is 5.01. The molecular weight excluding hydrogens is 460 g/mol. The predicted octanol–water partition coefficient (Wildman–Crippen LogP) is 6.30. The zero-order valence-electron chi connectivity index (χ0n) is 20.0. The van der Waals surface area contributed by atoms with E-state index in [1.165, 1.54) is 0 Å². The van der Waals surface area contributed by atoms with Gasteiger partial charge in [0.05, 0.1) is 24.7 Å². The Labute approximate surface area is 210 Å². The molecule has 1 fully saturated rings. The van der Waals surface area contributed by atoms with Crippen LogP contribution >= 0.6 is 11.8 Å². The molecule has 3 aromatic rings. The number of para-hydroxylation sites is 2. The van der Waals surface area contributed by atoms with Crippen LogP contribution in [0, 0.1) is 0 Å². The zero-order valence-corrected chi connectivity index (χ0v) is 20.8. The third kappa shape index (κ3) is 5.98. The zero-order chi connectivity index (χ0) is 24.6. The van der Waals surface area contributed by atoms with Crippen LogP contribution in [-0.2, 0) is 4.79 Å². The smallest absolute Gasteiger partial charge is 0.255 e. The summed E-state index contributed by atoms with van der Waals surface area (Å²) in [6, 6.07) is 22.4. The molecule has 4 rings (SSSR count). The van der Waals surface area contributed by atoms with Gasteiger partial charge in [-0.3, -0.25) is 14.5 Å². The molecule has 1 saturated heterocycles. The molecule has 182 valence electrons. The van der Waals surface area contributed by atoms with Gasteiger partial charge in [-0.05, 0) is 67.4 Å². The van der Waals surface area contributed by atoms with Gasteiger partial charge in [-0.2, -0.15) is 0 Å². The summed E-state index contributed by atoms with van der Waals surface area (Å²) in [5.74, 6) is 1.73. The third-order valence-electron chi connectivity index (χ3n) is 5.63. The van der Waals surface area contributed by atoms with Gasteiger partial charge in [0.25, 0.3) is 5.91 Å². The molecular formula is C28H30N2O4S. The Morgan fingerprint density at radius 2 is 1.74 bits per heavy atom. The summed E-state index contributed by atoms with van der Waals surface area (Å²) < 4.78 is 11.4. The molecule has 1 aliphatic heterocycles. The quantitative estimate of drug-likeness (QED) is 0.338. The lowest BCUT2D eigenvalue weighted by atomic mass is 10.1. The van der Waals surface area contributed by atoms with Crippen molar-refractivity contribution in [3.8, 4) is 11.5 Å². The first kappa shape index (κ1) is 24.7. The van der Waals surface area contributed by atoms with Gasteiger partial charge in [-0.25, -0.2) is 0 Å². The maximum absolute atomic E-state index is 12.8. The van der Waals surface area contributed by atoms with Gasteiger partial charge in [0, 0.05) is 11.3 Å². The Hall–Kier alpha value is -3.45. The molecule has 1 atom stereocenters. The van der Waals surface area contributed by atoms with Crippen LogP contribution in [-0.4, -0.2) is 30.8 Å². The summed E-state index contributed by atoms with van der Waals surface area (Å²) >= 11 is 1.58. The van der Waals surface area contributed by atoms with Crippen molar-refractivity contribution in [2.24, 2.45) is 0 Å². The minimum atomic E-state index is -0.185. The highest BCUT2D eigenvalue weighted by Gasteiger charge is 2.35. The molecule has 0 bridgehead atoms. The van der Waals surface area contributed by atoms with Crippen molar-refractivity contribution in [3.05, 3.63) is 83.9 Å². The second kappa shape index (κ2) is 11.8. The number of carbonyl (C=O) groups is 2. The van der Waals surface area contributed by atoms with Crippen LogP contribution in [0.4, 0.5) is 11.4 Å². The molecule has 0 radical (unpaired) electrons. The van der Waals surface area contributed by atoms with E-state index in [4.69, 9.17) is 9.47 Å². The van der Waals surface area contributed by atoms with Crippen LogP contribution in [0.15, 0.2) is 72.8 Å². The number of hydrogen-bond donors (Lipinski definition) is 1. The molecule has 3 aromatic carbocycles. The highest BCUT2D eigenvalue weighted by molar-refractivity contribution is 8.00. The van der Waals surface area contributed by atoms with E-state index in [0.717, 1.165) is 29.8 Å². The van der Waals surface area contributed by atoms with Crippen molar-refractivity contribution >= 4 is 35.0 Å². The topological polar surface area (TPSA) is 67.9 Å². The lowest BCUT2D eigenvalue weighted by molar-refractivity contribution is -0.115. The van der Waals surface area contributed by atoms with Gasteiger partial charge in [0.15, 0.2) is 0 Å². The number of thioether (sulfide) groups is 1. The number of rotatable bonds is 10. The average molecular weight is 491 g/mol. The summed E-state index contributed by atoms with van der Waals surface area (Å²) in [7, 11) is 0. The molecule has 1 heterocycles. The molecule has 2 amide bonds. The number of hydrogen-bond acceptors (Lipinski definition) is 5. The van der Waals surface area contributed by atoms with Crippen molar-refractivity contribution in [3.63, 3.8) is 0 Å². The van der Waals surface area contributed by atoms with Crippen molar-refractivity contribution in [1.29, 1.82) is 0 Å². The van der Waals surface area contributed by atoms with Crippen LogP contribution in [0.3, 0.4) is 0 Å². The van der Waals surface area contributed by atoms with Crippen LogP contribution in [0.2, 0.25) is 0 Å². The van der Waals surface area contributed by atoms with E-state index in [1.54, 1.807) is 28.8 Å². The number of benzene rings is 3. The second-order valence-corrected chi connectivity index (χ2v) is 9.20. The molecule has 0 aromatic heterocycles. The standard InChI is InChI=1S/C28H30N2O4S/c1-3-5-18-34-23-16-12-20(13-17-23)27(32)29-22-14-10-21(11-15-22)28-30(26(31)19-35-28)24-8-6-7-9-25(24)33-4-2/h6-17,28H,3-5,18-19H2,1-2H3,(H,29,32). The van der Waals surface area contributed by atoms with E-state index >= 15 is 0 Å². The van der Waals surface area contributed by atoms with Crippen LogP contribution in [0.5, 0.6) is 11.5 Å². The third-order valence-corrected chi connectivity index (χ3v) is 6.84. The predicted molar refractivity (Wildman–Crippen MR) is 142 cm³/mol. The fourth-order valence-electron chi connectivity index (χ4n) is 3.84. The minimum absolute atomic E-state index is 0.0478.